The summed E-state index contributed by atoms with van der Waals surface area (Å²) in [6.45, 7) is 3.84. The fourth-order valence-corrected chi connectivity index (χ4v) is 1.16. The standard InChI is InChI=1S/C11H16N2O5/c1-7(2)9-5-8(13-18-9)11(16)12-3-4-17-6-10(14)15/h5,7H,3-4,6H2,1-2H3,(H,12,16)(H,14,15). The minimum atomic E-state index is -1.04. The van der Waals surface area contributed by atoms with Gasteiger partial charge in [0.05, 0.1) is 6.61 Å². The number of aromatic nitrogens is 1. The van der Waals surface area contributed by atoms with E-state index in [0.29, 0.717) is 5.76 Å². The van der Waals surface area contributed by atoms with E-state index in [-0.39, 0.29) is 37.3 Å². The second-order valence-electron chi connectivity index (χ2n) is 3.97. The number of hydrogen-bond donors (Lipinski definition) is 2. The summed E-state index contributed by atoms with van der Waals surface area (Å²) < 4.78 is 9.75. The first-order valence-electron chi connectivity index (χ1n) is 5.55. The van der Waals surface area contributed by atoms with Gasteiger partial charge in [-0.15, -0.1) is 0 Å². The number of amides is 1. The predicted molar refractivity (Wildman–Crippen MR) is 61.4 cm³/mol. The van der Waals surface area contributed by atoms with E-state index < -0.39 is 5.97 Å². The van der Waals surface area contributed by atoms with E-state index in [0.717, 1.165) is 0 Å². The van der Waals surface area contributed by atoms with Crippen LogP contribution in [-0.2, 0) is 9.53 Å². The zero-order valence-electron chi connectivity index (χ0n) is 10.3. The molecule has 0 saturated carbocycles. The Balaban J connectivity index is 2.29. The van der Waals surface area contributed by atoms with Crippen molar-refractivity contribution < 1.29 is 24.0 Å². The van der Waals surface area contributed by atoms with Crippen molar-refractivity contribution in [3.63, 3.8) is 0 Å². The molecule has 100 valence electrons. The predicted octanol–water partition coefficient (Wildman–Crippen LogP) is 0.629. The van der Waals surface area contributed by atoms with Crippen LogP contribution >= 0.6 is 0 Å². The van der Waals surface area contributed by atoms with Crippen molar-refractivity contribution in [1.29, 1.82) is 0 Å². The largest absolute Gasteiger partial charge is 0.480 e. The zero-order chi connectivity index (χ0) is 13.5. The van der Waals surface area contributed by atoms with E-state index in [4.69, 9.17) is 14.4 Å². The summed E-state index contributed by atoms with van der Waals surface area (Å²) in [5.41, 5.74) is 0.205. The summed E-state index contributed by atoms with van der Waals surface area (Å²) in [6.07, 6.45) is 0. The molecule has 18 heavy (non-hydrogen) atoms. The maximum atomic E-state index is 11.6. The molecule has 0 spiro atoms. The number of nitrogens with one attached hydrogen (secondary N) is 1. The number of nitrogens with zero attached hydrogens (tertiary/aromatic N) is 1. The number of rotatable bonds is 7. The van der Waals surface area contributed by atoms with Crippen molar-refractivity contribution in [1.82, 2.24) is 10.5 Å². The highest BCUT2D eigenvalue weighted by atomic mass is 16.5. The van der Waals surface area contributed by atoms with Gasteiger partial charge in [-0.05, 0) is 0 Å². The van der Waals surface area contributed by atoms with Crippen LogP contribution in [0.15, 0.2) is 10.6 Å². The Morgan fingerprint density at radius 2 is 2.28 bits per heavy atom. The molecule has 7 nitrogen and oxygen atoms in total. The Hall–Kier alpha value is -1.89. The van der Waals surface area contributed by atoms with Crippen LogP contribution in [0.2, 0.25) is 0 Å². The number of carbonyl (C=O) groups excluding carboxylic acids is 1. The molecular formula is C11H16N2O5. The van der Waals surface area contributed by atoms with Crippen molar-refractivity contribution in [3.05, 3.63) is 17.5 Å². The lowest BCUT2D eigenvalue weighted by Gasteiger charge is -2.02. The minimum absolute atomic E-state index is 0.132. The van der Waals surface area contributed by atoms with Crippen LogP contribution in [0.5, 0.6) is 0 Å². The van der Waals surface area contributed by atoms with Gasteiger partial charge in [-0.3, -0.25) is 4.79 Å². The van der Waals surface area contributed by atoms with E-state index in [1.165, 1.54) is 0 Å². The van der Waals surface area contributed by atoms with Gasteiger partial charge in [-0.1, -0.05) is 19.0 Å². The van der Waals surface area contributed by atoms with Gasteiger partial charge < -0.3 is 19.7 Å². The minimum Gasteiger partial charge on any atom is -0.480 e. The van der Waals surface area contributed by atoms with Gasteiger partial charge in [0.15, 0.2) is 5.69 Å². The van der Waals surface area contributed by atoms with Gasteiger partial charge in [0, 0.05) is 18.5 Å². The second kappa shape index (κ2) is 6.75. The quantitative estimate of drug-likeness (QED) is 0.694. The highest BCUT2D eigenvalue weighted by Crippen LogP contribution is 2.14. The van der Waals surface area contributed by atoms with Gasteiger partial charge >= 0.3 is 5.97 Å². The van der Waals surface area contributed by atoms with Crippen LogP contribution in [0.3, 0.4) is 0 Å². The summed E-state index contributed by atoms with van der Waals surface area (Å²) in [6, 6.07) is 1.58. The highest BCUT2D eigenvalue weighted by molar-refractivity contribution is 5.92. The van der Waals surface area contributed by atoms with Gasteiger partial charge in [0.2, 0.25) is 0 Å². The molecule has 1 rings (SSSR count). The fourth-order valence-electron chi connectivity index (χ4n) is 1.16. The van der Waals surface area contributed by atoms with E-state index in [1.807, 2.05) is 13.8 Å². The summed E-state index contributed by atoms with van der Waals surface area (Å²) in [5.74, 6) is -0.607. The van der Waals surface area contributed by atoms with Crippen LogP contribution in [0, 0.1) is 0 Å². The number of carboxylic acids is 1. The lowest BCUT2D eigenvalue weighted by Crippen LogP contribution is -2.28. The van der Waals surface area contributed by atoms with Crippen LogP contribution < -0.4 is 5.32 Å². The Bertz CT molecular complexity index is 413. The summed E-state index contributed by atoms with van der Waals surface area (Å²) in [5, 5.41) is 14.5. The average molecular weight is 256 g/mol. The lowest BCUT2D eigenvalue weighted by atomic mass is 10.1. The van der Waals surface area contributed by atoms with Crippen molar-refractivity contribution >= 4 is 11.9 Å². The van der Waals surface area contributed by atoms with Gasteiger partial charge in [-0.2, -0.15) is 0 Å². The smallest absolute Gasteiger partial charge is 0.329 e. The summed E-state index contributed by atoms with van der Waals surface area (Å²) in [7, 11) is 0. The lowest BCUT2D eigenvalue weighted by molar-refractivity contribution is -0.142. The molecule has 1 heterocycles. The molecule has 0 saturated heterocycles. The molecule has 0 unspecified atom stereocenters. The second-order valence-corrected chi connectivity index (χ2v) is 3.97. The molecule has 1 aromatic rings. The molecule has 2 N–H and O–H groups in total. The van der Waals surface area contributed by atoms with Crippen molar-refractivity contribution in [2.24, 2.45) is 0 Å². The number of ether oxygens (including phenoxy) is 1. The van der Waals surface area contributed by atoms with Crippen LogP contribution in [0.4, 0.5) is 0 Å². The number of aliphatic carboxylic acids is 1. The molecule has 0 radical (unpaired) electrons. The van der Waals surface area contributed by atoms with Gasteiger partial charge in [-0.25, -0.2) is 4.79 Å². The number of carbonyl (C=O) groups is 2. The number of carboxylic acid groups (broad SMARTS) is 1. The highest BCUT2D eigenvalue weighted by Gasteiger charge is 2.13. The van der Waals surface area contributed by atoms with Gasteiger partial charge in [0.1, 0.15) is 12.4 Å². The van der Waals surface area contributed by atoms with Crippen molar-refractivity contribution in [2.45, 2.75) is 19.8 Å². The Labute approximate surface area is 104 Å². The van der Waals surface area contributed by atoms with Gasteiger partial charge in [0.25, 0.3) is 5.91 Å². The van der Waals surface area contributed by atoms with Crippen LogP contribution in [-0.4, -0.2) is 41.9 Å². The normalized spacial score (nSPS) is 10.6. The Kier molecular flexibility index (Phi) is 5.31. The molecule has 0 atom stereocenters. The van der Waals surface area contributed by atoms with Crippen molar-refractivity contribution in [2.75, 3.05) is 19.8 Å². The third-order valence-corrected chi connectivity index (χ3v) is 2.09. The maximum absolute atomic E-state index is 11.6. The first kappa shape index (κ1) is 14.2. The topological polar surface area (TPSA) is 102 Å². The Morgan fingerprint density at radius 3 is 2.83 bits per heavy atom. The van der Waals surface area contributed by atoms with Crippen molar-refractivity contribution in [3.8, 4) is 0 Å². The molecule has 0 aliphatic rings. The van der Waals surface area contributed by atoms with E-state index in [2.05, 4.69) is 10.5 Å². The molecule has 1 amide bonds. The summed E-state index contributed by atoms with van der Waals surface area (Å²) in [4.78, 5) is 21.7. The zero-order valence-corrected chi connectivity index (χ0v) is 10.3. The van der Waals surface area contributed by atoms with Crippen LogP contribution in [0.25, 0.3) is 0 Å². The Morgan fingerprint density at radius 1 is 1.56 bits per heavy atom. The fraction of sp³-hybridized carbons (Fsp3) is 0.545. The first-order chi connectivity index (χ1) is 8.50. The SMILES string of the molecule is CC(C)c1cc(C(=O)NCCOCC(=O)O)no1. The molecule has 0 fully saturated rings. The molecule has 0 aromatic carbocycles. The first-order valence-corrected chi connectivity index (χ1v) is 5.55. The number of hydrogen-bond acceptors (Lipinski definition) is 5. The average Bonchev–Trinajstić information content (AvgIpc) is 2.77. The maximum Gasteiger partial charge on any atom is 0.329 e. The monoisotopic (exact) mass is 256 g/mol. The van der Waals surface area contributed by atoms with Crippen LogP contribution in [0.1, 0.15) is 36.0 Å². The third kappa shape index (κ3) is 4.54. The molecule has 0 aliphatic carbocycles. The molecule has 0 aliphatic heterocycles. The third-order valence-electron chi connectivity index (χ3n) is 2.09. The van der Waals surface area contributed by atoms with E-state index in [1.54, 1.807) is 6.07 Å². The van der Waals surface area contributed by atoms with E-state index in [9.17, 15) is 9.59 Å². The molecular weight excluding hydrogens is 240 g/mol. The molecule has 0 bridgehead atoms. The molecule has 7 heteroatoms. The summed E-state index contributed by atoms with van der Waals surface area (Å²) >= 11 is 0. The van der Waals surface area contributed by atoms with E-state index >= 15 is 0 Å². The molecule has 1 aromatic heterocycles.